The molecule has 3 aromatic rings. The van der Waals surface area contributed by atoms with Gasteiger partial charge in [0.25, 0.3) is 0 Å². The summed E-state index contributed by atoms with van der Waals surface area (Å²) >= 11 is 0. The van der Waals surface area contributed by atoms with Crippen molar-refractivity contribution in [1.29, 1.82) is 0 Å². The van der Waals surface area contributed by atoms with E-state index in [0.29, 0.717) is 18.5 Å². The largest absolute Gasteiger partial charge is 0.733 e. The molecule has 2 atom stereocenters. The smallest absolute Gasteiger partial charge is 0.246 e. The number of hydrogen-bond acceptors (Lipinski definition) is 6. The molecule has 9 heteroatoms. The number of carbonyl (C=O) groups excluding carboxylic acids is 2. The number of nitrogens with one attached hydrogen (secondary N) is 1. The third-order valence-corrected chi connectivity index (χ3v) is 7.55. The molecule has 0 aliphatic carbocycles. The summed E-state index contributed by atoms with van der Waals surface area (Å²) in [6, 6.07) is 13.3. The molecule has 3 heterocycles. The zero-order chi connectivity index (χ0) is 25.4. The van der Waals surface area contributed by atoms with Crippen LogP contribution >= 0.6 is 0 Å². The standard InChI is InChI=1S/C27H32N5O4/c1-3-29(4-2)13-8-14-30-17-24(33)31-23(27(30)34)16-21-20-11-5-6-12-22(20)28-25(21)26(31)18-9-7-10-19(15-18)32(35)36/h5-7,9-12,15,23,26,28,35H,3-4,8,13-14,16-17H2,1-2H3/q-1. The van der Waals surface area contributed by atoms with Gasteiger partial charge in [-0.25, -0.2) is 0 Å². The Hall–Kier alpha value is -3.40. The van der Waals surface area contributed by atoms with E-state index in [4.69, 9.17) is 0 Å². The van der Waals surface area contributed by atoms with Gasteiger partial charge in [0.1, 0.15) is 6.04 Å². The second-order valence-corrected chi connectivity index (χ2v) is 9.49. The Bertz CT molecular complexity index is 1270. The maximum atomic E-state index is 13.7. The van der Waals surface area contributed by atoms with Gasteiger partial charge in [-0.15, -0.1) is 0 Å². The lowest BCUT2D eigenvalue weighted by Gasteiger charge is -2.47. The molecule has 0 bridgehead atoms. The van der Waals surface area contributed by atoms with Crippen molar-refractivity contribution in [1.82, 2.24) is 19.7 Å². The van der Waals surface area contributed by atoms with Gasteiger partial charge in [0.2, 0.25) is 11.8 Å². The summed E-state index contributed by atoms with van der Waals surface area (Å²) in [5.41, 5.74) is 3.52. The minimum atomic E-state index is -0.627. The van der Waals surface area contributed by atoms with Crippen LogP contribution < -0.4 is 5.23 Å². The molecule has 2 unspecified atom stereocenters. The van der Waals surface area contributed by atoms with Crippen molar-refractivity contribution >= 4 is 28.4 Å². The second-order valence-electron chi connectivity index (χ2n) is 9.49. The highest BCUT2D eigenvalue weighted by Gasteiger charge is 2.48. The molecule has 2 aromatic carbocycles. The molecule has 1 aromatic heterocycles. The number of hydrogen-bond donors (Lipinski definition) is 2. The van der Waals surface area contributed by atoms with E-state index < -0.39 is 12.1 Å². The summed E-state index contributed by atoms with van der Waals surface area (Å²) < 4.78 is 0. The van der Waals surface area contributed by atoms with Gasteiger partial charge in [0.15, 0.2) is 0 Å². The first-order chi connectivity index (χ1) is 17.4. The predicted octanol–water partition coefficient (Wildman–Crippen LogP) is 3.28. The summed E-state index contributed by atoms with van der Waals surface area (Å²) in [5.74, 6) is -0.163. The minimum Gasteiger partial charge on any atom is -0.733 e. The number of nitrogens with zero attached hydrogens (tertiary/aromatic N) is 4. The van der Waals surface area contributed by atoms with E-state index in [2.05, 4.69) is 23.7 Å². The van der Waals surface area contributed by atoms with Crippen LogP contribution in [-0.2, 0) is 16.0 Å². The van der Waals surface area contributed by atoms with Gasteiger partial charge in [-0.2, -0.15) is 0 Å². The van der Waals surface area contributed by atoms with E-state index in [1.165, 1.54) is 6.07 Å². The topological polar surface area (TPSA) is 106 Å². The molecule has 36 heavy (non-hydrogen) atoms. The van der Waals surface area contributed by atoms with Gasteiger partial charge < -0.3 is 30.1 Å². The number of para-hydroxylation sites is 1. The van der Waals surface area contributed by atoms with Gasteiger partial charge in [0.05, 0.1) is 18.3 Å². The highest BCUT2D eigenvalue weighted by atomic mass is 16.8. The predicted molar refractivity (Wildman–Crippen MR) is 138 cm³/mol. The average molecular weight is 491 g/mol. The quantitative estimate of drug-likeness (QED) is 0.470. The van der Waals surface area contributed by atoms with Gasteiger partial charge in [-0.3, -0.25) is 14.8 Å². The van der Waals surface area contributed by atoms with Crippen LogP contribution in [0.15, 0.2) is 48.5 Å². The highest BCUT2D eigenvalue weighted by Crippen LogP contribution is 2.43. The van der Waals surface area contributed by atoms with Gasteiger partial charge >= 0.3 is 0 Å². The number of H-pyrrole nitrogens is 1. The zero-order valence-corrected chi connectivity index (χ0v) is 20.7. The third-order valence-electron chi connectivity index (χ3n) is 7.55. The Labute approximate surface area is 210 Å². The van der Waals surface area contributed by atoms with E-state index in [9.17, 15) is 20.0 Å². The number of fused-ring (bicyclic) bond motifs is 4. The molecule has 190 valence electrons. The third kappa shape index (κ3) is 4.23. The molecule has 2 aliphatic heterocycles. The number of aromatic amines is 1. The van der Waals surface area contributed by atoms with Crippen molar-refractivity contribution in [2.45, 2.75) is 38.8 Å². The summed E-state index contributed by atoms with van der Waals surface area (Å²) in [6.07, 6.45) is 1.24. The summed E-state index contributed by atoms with van der Waals surface area (Å²) in [6.45, 7) is 7.62. The van der Waals surface area contributed by atoms with Crippen LogP contribution in [0.5, 0.6) is 0 Å². The Balaban J connectivity index is 1.53. The van der Waals surface area contributed by atoms with Crippen LogP contribution in [0.4, 0.5) is 5.69 Å². The monoisotopic (exact) mass is 490 g/mol. The van der Waals surface area contributed by atoms with Gasteiger partial charge in [-0.1, -0.05) is 44.2 Å². The van der Waals surface area contributed by atoms with Gasteiger partial charge in [0, 0.05) is 29.6 Å². The lowest BCUT2D eigenvalue weighted by molar-refractivity contribution is -0.158. The second kappa shape index (κ2) is 9.93. The zero-order valence-electron chi connectivity index (χ0n) is 20.7. The van der Waals surface area contributed by atoms with E-state index >= 15 is 0 Å². The Kier molecular flexibility index (Phi) is 6.70. The van der Waals surface area contributed by atoms with Crippen LogP contribution in [0.25, 0.3) is 10.9 Å². The van der Waals surface area contributed by atoms with E-state index in [1.54, 1.807) is 21.9 Å². The molecule has 2 N–H and O–H groups in total. The molecular weight excluding hydrogens is 458 g/mol. The summed E-state index contributed by atoms with van der Waals surface area (Å²) in [5, 5.41) is 22.0. The minimum absolute atomic E-state index is 0.0347. The number of piperazine rings is 1. The maximum Gasteiger partial charge on any atom is 0.246 e. The number of amides is 2. The molecule has 2 amide bonds. The summed E-state index contributed by atoms with van der Waals surface area (Å²) in [4.78, 5) is 36.5. The van der Waals surface area contributed by atoms with Crippen LogP contribution in [-0.4, -0.2) is 75.5 Å². The van der Waals surface area contributed by atoms with Crippen molar-refractivity contribution in [3.8, 4) is 0 Å². The molecule has 5 rings (SSSR count). The van der Waals surface area contributed by atoms with Crippen LogP contribution in [0.2, 0.25) is 0 Å². The van der Waals surface area contributed by atoms with E-state index in [0.717, 1.165) is 48.2 Å². The van der Waals surface area contributed by atoms with Gasteiger partial charge in [-0.05, 0) is 55.4 Å². The normalized spacial score (nSPS) is 19.7. The van der Waals surface area contributed by atoms with Crippen LogP contribution in [0.3, 0.4) is 0 Å². The number of anilines is 1. The molecule has 0 radical (unpaired) electrons. The molecule has 2 aliphatic rings. The van der Waals surface area contributed by atoms with Crippen molar-refractivity contribution in [3.63, 3.8) is 0 Å². The molecule has 0 saturated carbocycles. The van der Waals surface area contributed by atoms with E-state index in [-0.39, 0.29) is 29.3 Å². The lowest BCUT2D eigenvalue weighted by atomic mass is 9.86. The van der Waals surface area contributed by atoms with E-state index in [1.807, 2.05) is 30.3 Å². The Morgan fingerprint density at radius 3 is 2.64 bits per heavy atom. The molecule has 0 spiro atoms. The number of aromatic nitrogens is 1. The summed E-state index contributed by atoms with van der Waals surface area (Å²) in [7, 11) is 0. The van der Waals surface area contributed by atoms with Crippen molar-refractivity contribution in [2.24, 2.45) is 0 Å². The van der Waals surface area contributed by atoms with Crippen LogP contribution in [0.1, 0.15) is 43.1 Å². The molecule has 9 nitrogen and oxygen atoms in total. The van der Waals surface area contributed by atoms with Crippen molar-refractivity contribution in [2.75, 3.05) is 38.0 Å². The number of benzene rings is 2. The lowest BCUT2D eigenvalue weighted by Crippen LogP contribution is -2.63. The maximum absolute atomic E-state index is 13.7. The number of rotatable bonds is 8. The fourth-order valence-electron chi connectivity index (χ4n) is 5.70. The SMILES string of the molecule is CCN(CC)CCCN1CC(=O)N2C(Cc3c([nH]c4ccccc34)C2c2cccc(N([O-])O)c2)C1=O. The first kappa shape index (κ1) is 24.3. The fourth-order valence-corrected chi connectivity index (χ4v) is 5.70. The Morgan fingerprint density at radius 1 is 1.11 bits per heavy atom. The number of carbonyl (C=O) groups is 2. The highest BCUT2D eigenvalue weighted by molar-refractivity contribution is 5.97. The first-order valence-electron chi connectivity index (χ1n) is 12.6. The Morgan fingerprint density at radius 2 is 1.89 bits per heavy atom. The van der Waals surface area contributed by atoms with Crippen molar-refractivity contribution < 1.29 is 14.8 Å². The fraction of sp³-hybridized carbons (Fsp3) is 0.407. The molecular formula is C27H32N5O4-. The molecule has 1 saturated heterocycles. The first-order valence-corrected chi connectivity index (χ1v) is 12.6. The molecule has 1 fully saturated rings. The van der Waals surface area contributed by atoms with Crippen molar-refractivity contribution in [3.05, 3.63) is 70.6 Å². The van der Waals surface area contributed by atoms with Crippen LogP contribution in [0, 0.1) is 5.21 Å². The average Bonchev–Trinajstić information content (AvgIpc) is 3.26.